The van der Waals surface area contributed by atoms with Gasteiger partial charge in [0, 0.05) is 45.2 Å². The van der Waals surface area contributed by atoms with Gasteiger partial charge in [0.1, 0.15) is 0 Å². The molecule has 10 heteroatoms. The first-order valence-electron chi connectivity index (χ1n) is 15.8. The summed E-state index contributed by atoms with van der Waals surface area (Å²) in [6.45, 7) is 9.24. The van der Waals surface area contributed by atoms with Crippen molar-refractivity contribution in [3.8, 4) is 0 Å². The minimum atomic E-state index is 0.243. The number of hydrogen-bond acceptors (Lipinski definition) is 9. The summed E-state index contributed by atoms with van der Waals surface area (Å²) in [7, 11) is 0. The van der Waals surface area contributed by atoms with Crippen molar-refractivity contribution < 1.29 is 4.79 Å². The maximum absolute atomic E-state index is 12.3. The second-order valence-electron chi connectivity index (χ2n) is 11.9. The molecule has 1 amide bonds. The molecule has 1 saturated heterocycles. The third-order valence-electron chi connectivity index (χ3n) is 8.82. The number of unbranched alkanes of at least 4 members (excludes halogenated alkanes) is 1. The SMILES string of the molecule is CCCCC(=O)N1CCN(c2nc(N)nc(NCC3CCC(CNCCCNC4CCCCC4)CC3)n2)CC1. The molecule has 1 aromatic rings. The van der Waals surface area contributed by atoms with Crippen molar-refractivity contribution in [2.75, 3.05) is 68.3 Å². The molecule has 5 N–H and O–H groups in total. The molecule has 4 rings (SSSR count). The maximum Gasteiger partial charge on any atom is 0.232 e. The zero-order valence-electron chi connectivity index (χ0n) is 24.3. The van der Waals surface area contributed by atoms with E-state index >= 15 is 0 Å². The number of carbonyl (C=O) groups excluding carboxylic acids is 1. The van der Waals surface area contributed by atoms with Crippen LogP contribution in [-0.4, -0.2) is 84.2 Å². The fourth-order valence-corrected chi connectivity index (χ4v) is 6.25. The fraction of sp³-hybridized carbons (Fsp3) is 0.862. The summed E-state index contributed by atoms with van der Waals surface area (Å²) in [6, 6.07) is 0.769. The highest BCUT2D eigenvalue weighted by molar-refractivity contribution is 5.76. The predicted molar refractivity (Wildman–Crippen MR) is 159 cm³/mol. The topological polar surface area (TPSA) is 124 Å². The zero-order valence-corrected chi connectivity index (χ0v) is 24.3. The summed E-state index contributed by atoms with van der Waals surface area (Å²) in [4.78, 5) is 29.8. The first-order chi connectivity index (χ1) is 19.1. The first kappa shape index (κ1) is 29.8. The number of nitrogens with zero attached hydrogens (tertiary/aromatic N) is 5. The van der Waals surface area contributed by atoms with Gasteiger partial charge in [0.05, 0.1) is 0 Å². The largest absolute Gasteiger partial charge is 0.368 e. The third-order valence-corrected chi connectivity index (χ3v) is 8.82. The molecule has 2 aliphatic carbocycles. The average molecular weight is 544 g/mol. The molecule has 220 valence electrons. The fourth-order valence-electron chi connectivity index (χ4n) is 6.25. The highest BCUT2D eigenvalue weighted by Gasteiger charge is 2.24. The van der Waals surface area contributed by atoms with Gasteiger partial charge in [0.25, 0.3) is 0 Å². The van der Waals surface area contributed by atoms with Gasteiger partial charge in [0.2, 0.25) is 23.8 Å². The third kappa shape index (κ3) is 10.0. The number of nitrogens with one attached hydrogen (secondary N) is 3. The Hall–Kier alpha value is -2.20. The van der Waals surface area contributed by atoms with E-state index in [0.717, 1.165) is 64.1 Å². The Kier molecular flexibility index (Phi) is 12.3. The summed E-state index contributed by atoms with van der Waals surface area (Å²) >= 11 is 0. The van der Waals surface area contributed by atoms with E-state index in [1.807, 2.05) is 4.90 Å². The summed E-state index contributed by atoms with van der Waals surface area (Å²) in [5, 5.41) is 10.9. The Labute approximate surface area is 235 Å². The molecule has 39 heavy (non-hydrogen) atoms. The van der Waals surface area contributed by atoms with Crippen LogP contribution in [0, 0.1) is 11.8 Å². The minimum Gasteiger partial charge on any atom is -0.368 e. The number of hydrogen-bond donors (Lipinski definition) is 4. The molecule has 0 spiro atoms. The van der Waals surface area contributed by atoms with Crippen LogP contribution in [0.15, 0.2) is 0 Å². The van der Waals surface area contributed by atoms with E-state index in [4.69, 9.17) is 5.73 Å². The summed E-state index contributed by atoms with van der Waals surface area (Å²) in [5.41, 5.74) is 6.03. The number of aromatic nitrogens is 3. The van der Waals surface area contributed by atoms with E-state index < -0.39 is 0 Å². The molecule has 0 aromatic carbocycles. The smallest absolute Gasteiger partial charge is 0.232 e. The second kappa shape index (κ2) is 16.2. The summed E-state index contributed by atoms with van der Waals surface area (Å²) in [5.74, 6) is 3.09. The van der Waals surface area contributed by atoms with Gasteiger partial charge in [0.15, 0.2) is 0 Å². The van der Waals surface area contributed by atoms with Crippen molar-refractivity contribution in [3.05, 3.63) is 0 Å². The zero-order chi connectivity index (χ0) is 27.3. The van der Waals surface area contributed by atoms with E-state index in [-0.39, 0.29) is 11.9 Å². The Morgan fingerprint density at radius 1 is 0.872 bits per heavy atom. The number of nitrogen functional groups attached to an aromatic ring is 1. The molecule has 3 fully saturated rings. The maximum atomic E-state index is 12.3. The molecule has 0 unspecified atom stereocenters. The molecule has 3 aliphatic rings. The van der Waals surface area contributed by atoms with Gasteiger partial charge in [-0.1, -0.05) is 32.6 Å². The van der Waals surface area contributed by atoms with Crippen molar-refractivity contribution >= 4 is 23.8 Å². The Bertz CT molecular complexity index is 847. The van der Waals surface area contributed by atoms with Crippen LogP contribution >= 0.6 is 0 Å². The average Bonchev–Trinajstić information content (AvgIpc) is 2.97. The molecule has 0 bridgehead atoms. The molecule has 0 radical (unpaired) electrons. The van der Waals surface area contributed by atoms with Gasteiger partial charge in [-0.05, 0) is 82.8 Å². The van der Waals surface area contributed by atoms with Crippen molar-refractivity contribution in [1.82, 2.24) is 30.5 Å². The van der Waals surface area contributed by atoms with Crippen molar-refractivity contribution in [2.24, 2.45) is 11.8 Å². The van der Waals surface area contributed by atoms with Gasteiger partial charge < -0.3 is 31.5 Å². The van der Waals surface area contributed by atoms with E-state index in [1.165, 1.54) is 64.2 Å². The number of carbonyl (C=O) groups is 1. The molecular weight excluding hydrogens is 490 g/mol. The van der Waals surface area contributed by atoms with E-state index in [9.17, 15) is 4.79 Å². The van der Waals surface area contributed by atoms with Gasteiger partial charge in [-0.25, -0.2) is 0 Å². The summed E-state index contributed by atoms with van der Waals surface area (Å²) < 4.78 is 0. The summed E-state index contributed by atoms with van der Waals surface area (Å²) in [6.07, 6.45) is 15.9. The Morgan fingerprint density at radius 2 is 1.59 bits per heavy atom. The van der Waals surface area contributed by atoms with Crippen LogP contribution in [0.1, 0.15) is 90.4 Å². The molecular formula is C29H53N9O. The van der Waals surface area contributed by atoms with Crippen LogP contribution in [0.25, 0.3) is 0 Å². The van der Waals surface area contributed by atoms with Crippen LogP contribution < -0.4 is 26.6 Å². The van der Waals surface area contributed by atoms with Crippen LogP contribution in [0.2, 0.25) is 0 Å². The lowest BCUT2D eigenvalue weighted by atomic mass is 9.82. The number of amides is 1. The van der Waals surface area contributed by atoms with Gasteiger partial charge >= 0.3 is 0 Å². The normalized spacial score (nSPS) is 22.7. The number of nitrogens with two attached hydrogens (primary N) is 1. The molecule has 2 saturated carbocycles. The van der Waals surface area contributed by atoms with Gasteiger partial charge in [-0.3, -0.25) is 4.79 Å². The number of piperazine rings is 1. The van der Waals surface area contributed by atoms with E-state index in [2.05, 4.69) is 42.7 Å². The molecule has 0 atom stereocenters. The lowest BCUT2D eigenvalue weighted by Gasteiger charge is -2.35. The highest BCUT2D eigenvalue weighted by Crippen LogP contribution is 2.28. The predicted octanol–water partition coefficient (Wildman–Crippen LogP) is 3.41. The quantitative estimate of drug-likeness (QED) is 0.261. The van der Waals surface area contributed by atoms with E-state index in [1.54, 1.807) is 0 Å². The Balaban J connectivity index is 1.09. The second-order valence-corrected chi connectivity index (χ2v) is 11.9. The molecule has 10 nitrogen and oxygen atoms in total. The molecule has 1 aliphatic heterocycles. The Morgan fingerprint density at radius 3 is 2.31 bits per heavy atom. The van der Waals surface area contributed by atoms with E-state index in [0.29, 0.717) is 37.3 Å². The lowest BCUT2D eigenvalue weighted by Crippen LogP contribution is -2.49. The lowest BCUT2D eigenvalue weighted by molar-refractivity contribution is -0.131. The monoisotopic (exact) mass is 543 g/mol. The van der Waals surface area contributed by atoms with Crippen molar-refractivity contribution in [2.45, 2.75) is 96.4 Å². The standard InChI is InChI=1S/C29H53N9O/c1-2-3-10-26(39)37-17-19-38(20-18-37)29-35-27(30)34-28(36-29)33-22-24-13-11-23(12-14-24)21-31-15-7-16-32-25-8-5-4-6-9-25/h23-25,31-32H,2-22H2,1H3,(H3,30,33,34,35,36). The van der Waals surface area contributed by atoms with Crippen molar-refractivity contribution in [3.63, 3.8) is 0 Å². The van der Waals surface area contributed by atoms with Crippen LogP contribution in [0.3, 0.4) is 0 Å². The van der Waals surface area contributed by atoms with Gasteiger partial charge in [-0.2, -0.15) is 15.0 Å². The number of anilines is 3. The van der Waals surface area contributed by atoms with Crippen LogP contribution in [0.4, 0.5) is 17.8 Å². The van der Waals surface area contributed by atoms with Crippen LogP contribution in [-0.2, 0) is 4.79 Å². The van der Waals surface area contributed by atoms with Gasteiger partial charge in [-0.15, -0.1) is 0 Å². The van der Waals surface area contributed by atoms with Crippen LogP contribution in [0.5, 0.6) is 0 Å². The minimum absolute atomic E-state index is 0.243. The highest BCUT2D eigenvalue weighted by atomic mass is 16.2. The van der Waals surface area contributed by atoms with Crippen molar-refractivity contribution in [1.29, 1.82) is 0 Å². The first-order valence-corrected chi connectivity index (χ1v) is 15.8. The number of rotatable bonds is 14. The molecule has 2 heterocycles. The molecule has 1 aromatic heterocycles.